The van der Waals surface area contributed by atoms with Crippen LogP contribution in [0.3, 0.4) is 0 Å². The van der Waals surface area contributed by atoms with Crippen molar-refractivity contribution in [2.24, 2.45) is 22.9 Å². The van der Waals surface area contributed by atoms with E-state index in [1.807, 2.05) is 0 Å². The number of fused-ring (bicyclic) bond motifs is 1. The van der Waals surface area contributed by atoms with E-state index < -0.39 is 225 Å². The van der Waals surface area contributed by atoms with Gasteiger partial charge in [-0.15, -0.1) is 0 Å². The summed E-state index contributed by atoms with van der Waals surface area (Å²) in [6.45, 7) is 3.38. The molecule has 40 heteroatoms. The molecule has 4 aromatic rings. The van der Waals surface area contributed by atoms with Crippen LogP contribution in [0.2, 0.25) is 0 Å². The SMILES string of the molecule is CCCCCCCCCCCCCCCC(=O)NCC(=O)N[C@H](C(=O)N[C@@H](CCC(N)=O)C(=O)N[C@@H](Cc1cnc[nH]1)C(=O)N[C@@H](CO)C(=O)N[C@@H](CCCC)C(=O)N[C@H]1CCC(=O)NCCCC[C@@H](C(N)=O)NC(=O)[C@H](Cc2c[nH]c3ccccc23)NC(=O)[C@H](CCCNC(=N)N)NC(=O)[C@@H](Cc2ccccc2)NC(=O)[C@H](CC(N)=O)NC1=O)C(C)O. The molecule has 0 aliphatic carbocycles. The summed E-state index contributed by atoms with van der Waals surface area (Å²) in [5.74, 6) is -16.2. The summed E-state index contributed by atoms with van der Waals surface area (Å²) in [5.41, 5.74) is 24.6. The van der Waals surface area contributed by atoms with Gasteiger partial charge in [0.2, 0.25) is 94.5 Å². The number of nitrogens with one attached hydrogen (secondary N) is 17. The van der Waals surface area contributed by atoms with Gasteiger partial charge >= 0.3 is 0 Å². The van der Waals surface area contributed by atoms with Crippen molar-refractivity contribution < 1.29 is 86.9 Å². The third kappa shape index (κ3) is 38.7. The fourth-order valence-corrected chi connectivity index (χ4v) is 13.8. The highest BCUT2D eigenvalue weighted by Gasteiger charge is 2.39. The minimum atomic E-state index is -1.94. The molecule has 123 heavy (non-hydrogen) atoms. The molecule has 3 heterocycles. The maximum Gasteiger partial charge on any atom is 0.245 e. The molecule has 2 aromatic carbocycles. The first-order valence-corrected chi connectivity index (χ1v) is 42.6. The first-order valence-electron chi connectivity index (χ1n) is 42.6. The van der Waals surface area contributed by atoms with E-state index in [4.69, 9.17) is 28.3 Å². The average molecular weight is 1720 g/mol. The zero-order chi connectivity index (χ0) is 90.2. The van der Waals surface area contributed by atoms with Gasteiger partial charge in [0, 0.05) is 80.6 Å². The van der Waals surface area contributed by atoms with Crippen LogP contribution in [0.1, 0.15) is 211 Å². The monoisotopic (exact) mass is 1720 g/mol. The summed E-state index contributed by atoms with van der Waals surface area (Å²) in [6.07, 6.45) is 14.0. The van der Waals surface area contributed by atoms with Crippen LogP contribution in [0.4, 0.5) is 0 Å². The van der Waals surface area contributed by atoms with Crippen molar-refractivity contribution in [1.82, 2.24) is 89.4 Å². The third-order valence-corrected chi connectivity index (χ3v) is 20.8. The highest BCUT2D eigenvalue weighted by Crippen LogP contribution is 2.21. The molecular formula is C83H128N22O18. The van der Waals surface area contributed by atoms with Crippen molar-refractivity contribution in [2.45, 2.75) is 286 Å². The number of aliphatic hydroxyl groups excluding tert-OH is 2. The number of carbonyl (C=O) groups excluding carboxylic acids is 16. The van der Waals surface area contributed by atoms with E-state index in [1.165, 1.54) is 70.8 Å². The van der Waals surface area contributed by atoms with E-state index in [0.717, 1.165) is 25.7 Å². The molecule has 1 unspecified atom stereocenters. The Bertz CT molecular complexity index is 4110. The molecular weight excluding hydrogens is 1590 g/mol. The lowest BCUT2D eigenvalue weighted by Gasteiger charge is -2.28. The summed E-state index contributed by atoms with van der Waals surface area (Å²) in [5, 5.41) is 65.4. The van der Waals surface area contributed by atoms with Crippen molar-refractivity contribution in [3.05, 3.63) is 90.1 Å². The van der Waals surface area contributed by atoms with Crippen LogP contribution in [-0.2, 0) is 96.0 Å². The van der Waals surface area contributed by atoms with Gasteiger partial charge < -0.3 is 118 Å². The number of unbranched alkanes of at least 4 members (excludes halogenated alkanes) is 13. The van der Waals surface area contributed by atoms with Crippen LogP contribution in [-0.4, -0.2) is 224 Å². The van der Waals surface area contributed by atoms with Gasteiger partial charge in [-0.05, 0) is 81.9 Å². The summed E-state index contributed by atoms with van der Waals surface area (Å²) in [7, 11) is 0. The lowest BCUT2D eigenvalue weighted by Crippen LogP contribution is -2.62. The van der Waals surface area contributed by atoms with Gasteiger partial charge in [0.25, 0.3) is 0 Å². The second-order valence-corrected chi connectivity index (χ2v) is 31.0. The minimum absolute atomic E-state index is 0.0267. The molecule has 1 aliphatic heterocycles. The molecule has 1 saturated heterocycles. The number of nitrogens with zero attached hydrogens (tertiary/aromatic N) is 1. The summed E-state index contributed by atoms with van der Waals surface area (Å²) < 4.78 is 0. The molecule has 40 nitrogen and oxygen atoms in total. The Kier molecular flexibility index (Phi) is 46.0. The fourth-order valence-electron chi connectivity index (χ4n) is 13.8. The number of amides is 16. The number of aromatic nitrogens is 3. The second-order valence-electron chi connectivity index (χ2n) is 31.0. The number of aliphatic hydroxyl groups is 2. The molecule has 0 bridgehead atoms. The van der Waals surface area contributed by atoms with E-state index in [-0.39, 0.29) is 83.0 Å². The lowest BCUT2D eigenvalue weighted by molar-refractivity contribution is -0.137. The highest BCUT2D eigenvalue weighted by molar-refractivity contribution is 6.01. The highest BCUT2D eigenvalue weighted by atomic mass is 16.3. The Morgan fingerprint density at radius 1 is 0.553 bits per heavy atom. The Morgan fingerprint density at radius 2 is 1.12 bits per heavy atom. The van der Waals surface area contributed by atoms with Gasteiger partial charge in [-0.25, -0.2) is 4.98 Å². The van der Waals surface area contributed by atoms with Crippen molar-refractivity contribution in [3.8, 4) is 0 Å². The number of hydrogen-bond acceptors (Lipinski definition) is 20. The maximum absolute atomic E-state index is 14.9. The molecule has 678 valence electrons. The standard InChI is InChI=1S/C83H128N22O18/c1-4-6-8-9-10-11-12-13-14-15-16-17-21-34-68(110)93-47-70(112)105-71(50(3)107)82(123)99-59(35-37-66(84)108)75(116)102-63(43-53-46-89-49-94-53)79(120)104-65(48-106)81(122)97-57(30-7-5-2)73(114)98-60-36-38-69(111)90-39-25-24-32-56(72(86)113)95-78(119)62(42-52-45-92-55-31-23-22-29-54(52)55)101-74(115)58(33-26-40-91-83(87)88)96-77(118)61(41-51-27-19-18-20-28-51)100-80(121)64(44-67(85)109)103-76(60)117/h18-20,22-23,27-29,31,45-46,49-50,56-65,71,92,106-107H,4-17,21,24-26,30,32-44,47-48H2,1-3H3,(H2,84,108)(H2,85,109)(H2,86,113)(H,89,94)(H,90,111)(H,93,110)(H,95,119)(H,96,118)(H,97,122)(H,98,114)(H,99,123)(H,100,121)(H,101,115)(H,102,116)(H,103,117)(H,104,120)(H,105,112)(H4,87,88,91)/t50?,56-,57-,58-,59-,60-,61+,62-,63-,64-,65-,71-/m0/s1. The predicted octanol–water partition coefficient (Wildman–Crippen LogP) is -1.62. The van der Waals surface area contributed by atoms with Crippen LogP contribution >= 0.6 is 0 Å². The fraction of sp³-hybridized carbons (Fsp3) is 0.590. The molecule has 16 amide bonds. The van der Waals surface area contributed by atoms with Crippen molar-refractivity contribution in [3.63, 3.8) is 0 Å². The molecule has 0 saturated carbocycles. The molecule has 27 N–H and O–H groups in total. The summed E-state index contributed by atoms with van der Waals surface area (Å²) in [6, 6.07) is -2.95. The number of hydrogen-bond donors (Lipinski definition) is 23. The van der Waals surface area contributed by atoms with Gasteiger partial charge in [0.15, 0.2) is 5.96 Å². The quantitative estimate of drug-likeness (QED) is 0.0134. The molecule has 2 aromatic heterocycles. The van der Waals surface area contributed by atoms with E-state index >= 15 is 0 Å². The molecule has 1 fully saturated rings. The average Bonchev–Trinajstić information content (AvgIpc) is 1.80. The van der Waals surface area contributed by atoms with Gasteiger partial charge in [-0.2, -0.15) is 0 Å². The molecule has 12 atom stereocenters. The number of benzene rings is 2. The number of rotatable bonds is 48. The van der Waals surface area contributed by atoms with Crippen molar-refractivity contribution in [1.29, 1.82) is 5.41 Å². The Morgan fingerprint density at radius 3 is 1.75 bits per heavy atom. The van der Waals surface area contributed by atoms with E-state index in [2.05, 4.69) is 96.3 Å². The number of guanidine groups is 1. The number of nitrogens with two attached hydrogens (primary N) is 4. The Labute approximate surface area is 715 Å². The number of imidazole rings is 1. The molecule has 5 rings (SSSR count). The van der Waals surface area contributed by atoms with Gasteiger partial charge in [0.05, 0.1) is 32.0 Å². The van der Waals surface area contributed by atoms with Crippen LogP contribution < -0.4 is 97.4 Å². The minimum Gasteiger partial charge on any atom is -0.394 e. The number of aromatic amines is 2. The van der Waals surface area contributed by atoms with Crippen LogP contribution in [0.25, 0.3) is 10.9 Å². The topological polar surface area (TPSA) is 654 Å². The zero-order valence-corrected chi connectivity index (χ0v) is 70.6. The first kappa shape index (κ1) is 101. The maximum atomic E-state index is 14.9. The van der Waals surface area contributed by atoms with Crippen molar-refractivity contribution >= 4 is 111 Å². The second kappa shape index (κ2) is 55.7. The van der Waals surface area contributed by atoms with Gasteiger partial charge in [-0.3, -0.25) is 82.1 Å². The van der Waals surface area contributed by atoms with Crippen molar-refractivity contribution in [2.75, 3.05) is 26.2 Å². The Hall–Kier alpha value is -12.1. The van der Waals surface area contributed by atoms with E-state index in [0.29, 0.717) is 34.9 Å². The lowest BCUT2D eigenvalue weighted by atomic mass is 10.0. The predicted molar refractivity (Wildman–Crippen MR) is 454 cm³/mol. The van der Waals surface area contributed by atoms with Gasteiger partial charge in [0.1, 0.15) is 66.5 Å². The number of primary amides is 3. The van der Waals surface area contributed by atoms with Crippen LogP contribution in [0, 0.1) is 5.41 Å². The smallest absolute Gasteiger partial charge is 0.245 e. The van der Waals surface area contributed by atoms with Crippen LogP contribution in [0.5, 0.6) is 0 Å². The largest absolute Gasteiger partial charge is 0.394 e. The zero-order valence-electron chi connectivity index (χ0n) is 70.6. The third-order valence-electron chi connectivity index (χ3n) is 20.8. The van der Waals surface area contributed by atoms with Crippen LogP contribution in [0.15, 0.2) is 73.3 Å². The van der Waals surface area contributed by atoms with E-state index in [9.17, 15) is 86.9 Å². The Balaban J connectivity index is 1.37. The number of carbonyl (C=O) groups is 16. The first-order chi connectivity index (χ1) is 58.9. The van der Waals surface area contributed by atoms with E-state index in [1.54, 1.807) is 67.7 Å². The molecule has 1 aliphatic rings. The number of para-hydroxylation sites is 1. The normalized spacial score (nSPS) is 18.6. The summed E-state index contributed by atoms with van der Waals surface area (Å²) >= 11 is 0. The number of H-pyrrole nitrogens is 2. The molecule has 0 spiro atoms. The van der Waals surface area contributed by atoms with Gasteiger partial charge in [-0.1, -0.05) is 152 Å². The summed E-state index contributed by atoms with van der Waals surface area (Å²) in [4.78, 5) is 233. The molecule has 0 radical (unpaired) electrons.